The number of esters is 1. The molecule has 28 heavy (non-hydrogen) atoms. The molecule has 152 valence electrons. The number of cyclic esters (lactones) is 1. The van der Waals surface area contributed by atoms with Crippen LogP contribution < -0.4 is 5.46 Å². The van der Waals surface area contributed by atoms with E-state index in [1.807, 2.05) is 0 Å². The second-order valence-electron chi connectivity index (χ2n) is 8.24. The SMILES string of the molecule is CC/C(C)=C/C1CC[C@@H](OCc2ccc(BC3CCOC3=O)cc2)[C@H](OC)C1. The fraction of sp³-hybridized carbons (Fsp3) is 0.609. The molecule has 0 aromatic heterocycles. The van der Waals surface area contributed by atoms with Gasteiger partial charge >= 0.3 is 5.97 Å². The molecule has 0 bridgehead atoms. The molecule has 0 radical (unpaired) electrons. The smallest absolute Gasteiger partial charge is 0.301 e. The van der Waals surface area contributed by atoms with Crippen molar-refractivity contribution in [3.05, 3.63) is 41.5 Å². The van der Waals surface area contributed by atoms with Gasteiger partial charge in [-0.15, -0.1) is 0 Å². The maximum atomic E-state index is 11.6. The van der Waals surface area contributed by atoms with Gasteiger partial charge in [-0.3, -0.25) is 4.79 Å². The van der Waals surface area contributed by atoms with Crippen LogP contribution in [0.2, 0.25) is 5.82 Å². The highest BCUT2D eigenvalue weighted by atomic mass is 16.5. The number of carbonyl (C=O) groups excluding carboxylic acids is 1. The zero-order chi connectivity index (χ0) is 19.9. The topological polar surface area (TPSA) is 44.8 Å². The lowest BCUT2D eigenvalue weighted by molar-refractivity contribution is -0.137. The van der Waals surface area contributed by atoms with Crippen molar-refractivity contribution in [1.29, 1.82) is 0 Å². The number of hydrogen-bond donors (Lipinski definition) is 0. The van der Waals surface area contributed by atoms with Crippen LogP contribution in [0.1, 0.15) is 51.5 Å². The molecule has 3 rings (SSSR count). The Morgan fingerprint density at radius 1 is 1.21 bits per heavy atom. The first kappa shape index (κ1) is 21.1. The van der Waals surface area contributed by atoms with E-state index in [4.69, 9.17) is 14.2 Å². The number of rotatable bonds is 8. The lowest BCUT2D eigenvalue weighted by Crippen LogP contribution is -2.37. The van der Waals surface area contributed by atoms with Gasteiger partial charge in [0.05, 0.1) is 25.4 Å². The van der Waals surface area contributed by atoms with Crippen LogP contribution in [-0.4, -0.2) is 39.2 Å². The molecule has 1 aliphatic heterocycles. The third-order valence-corrected chi connectivity index (χ3v) is 6.17. The number of hydrogen-bond acceptors (Lipinski definition) is 4. The van der Waals surface area contributed by atoms with E-state index in [2.05, 4.69) is 44.2 Å². The lowest BCUT2D eigenvalue weighted by atomic mass is 9.58. The van der Waals surface area contributed by atoms with Crippen LogP contribution in [0.4, 0.5) is 0 Å². The molecule has 1 heterocycles. The molecule has 2 fully saturated rings. The van der Waals surface area contributed by atoms with E-state index in [9.17, 15) is 4.79 Å². The Morgan fingerprint density at radius 3 is 2.64 bits per heavy atom. The Balaban J connectivity index is 1.48. The summed E-state index contributed by atoms with van der Waals surface area (Å²) in [6.07, 6.45) is 7.92. The number of carbonyl (C=O) groups is 1. The van der Waals surface area contributed by atoms with Crippen molar-refractivity contribution in [2.75, 3.05) is 13.7 Å². The van der Waals surface area contributed by atoms with Crippen molar-refractivity contribution in [1.82, 2.24) is 0 Å². The van der Waals surface area contributed by atoms with Gasteiger partial charge in [-0.25, -0.2) is 0 Å². The predicted molar refractivity (Wildman–Crippen MR) is 113 cm³/mol. The molecule has 0 amide bonds. The van der Waals surface area contributed by atoms with Gasteiger partial charge in [0.2, 0.25) is 0 Å². The van der Waals surface area contributed by atoms with Crippen molar-refractivity contribution in [2.24, 2.45) is 5.92 Å². The minimum Gasteiger partial charge on any atom is -0.466 e. The third-order valence-electron chi connectivity index (χ3n) is 6.17. The fourth-order valence-electron chi connectivity index (χ4n) is 4.22. The molecule has 1 aromatic carbocycles. The molecule has 2 aliphatic rings. The molecule has 5 heteroatoms. The van der Waals surface area contributed by atoms with Crippen molar-refractivity contribution in [2.45, 2.75) is 70.6 Å². The zero-order valence-electron chi connectivity index (χ0n) is 17.5. The van der Waals surface area contributed by atoms with Crippen LogP contribution in [-0.2, 0) is 25.6 Å². The molecule has 1 saturated carbocycles. The molecule has 0 spiro atoms. The van der Waals surface area contributed by atoms with E-state index in [0.717, 1.165) is 44.9 Å². The van der Waals surface area contributed by atoms with Crippen LogP contribution in [0.25, 0.3) is 0 Å². The number of methoxy groups -OCH3 is 1. The summed E-state index contributed by atoms with van der Waals surface area (Å²) in [5.74, 6) is 0.564. The highest BCUT2D eigenvalue weighted by Crippen LogP contribution is 2.31. The normalized spacial score (nSPS) is 28.2. The summed E-state index contributed by atoms with van der Waals surface area (Å²) >= 11 is 0. The summed E-state index contributed by atoms with van der Waals surface area (Å²) in [4.78, 5) is 11.6. The minimum absolute atomic E-state index is 0.0186. The number of benzene rings is 1. The van der Waals surface area contributed by atoms with E-state index in [0.29, 0.717) is 19.1 Å². The van der Waals surface area contributed by atoms with Crippen molar-refractivity contribution < 1.29 is 19.0 Å². The van der Waals surface area contributed by atoms with Crippen LogP contribution in [0, 0.1) is 5.92 Å². The Kier molecular flexibility index (Phi) is 7.75. The fourth-order valence-corrected chi connectivity index (χ4v) is 4.22. The predicted octanol–water partition coefficient (Wildman–Crippen LogP) is 3.54. The summed E-state index contributed by atoms with van der Waals surface area (Å²) in [6.45, 7) is 5.58. The van der Waals surface area contributed by atoms with Gasteiger partial charge < -0.3 is 14.2 Å². The number of ether oxygens (including phenoxy) is 3. The van der Waals surface area contributed by atoms with Gasteiger partial charge in [0.15, 0.2) is 7.28 Å². The summed E-state index contributed by atoms with van der Waals surface area (Å²) < 4.78 is 17.0. The largest absolute Gasteiger partial charge is 0.466 e. The van der Waals surface area contributed by atoms with Gasteiger partial charge in [0, 0.05) is 12.9 Å². The average molecular weight is 384 g/mol. The van der Waals surface area contributed by atoms with Crippen LogP contribution in [0.5, 0.6) is 0 Å². The highest BCUT2D eigenvalue weighted by Gasteiger charge is 2.30. The monoisotopic (exact) mass is 384 g/mol. The van der Waals surface area contributed by atoms with Gasteiger partial charge in [0.25, 0.3) is 0 Å². The highest BCUT2D eigenvalue weighted by molar-refractivity contribution is 6.59. The van der Waals surface area contributed by atoms with Gasteiger partial charge in [-0.1, -0.05) is 48.3 Å². The second-order valence-corrected chi connectivity index (χ2v) is 8.24. The van der Waals surface area contributed by atoms with Crippen molar-refractivity contribution in [3.8, 4) is 0 Å². The Labute approximate surface area is 169 Å². The molecule has 1 aliphatic carbocycles. The minimum atomic E-state index is -0.0578. The van der Waals surface area contributed by atoms with Gasteiger partial charge in [-0.05, 0) is 50.5 Å². The number of allylic oxidation sites excluding steroid dienone is 2. The molecule has 1 aromatic rings. The van der Waals surface area contributed by atoms with Crippen LogP contribution in [0.15, 0.2) is 35.9 Å². The second kappa shape index (κ2) is 10.3. The molecule has 2 unspecified atom stereocenters. The first-order valence-corrected chi connectivity index (χ1v) is 10.6. The molecular weight excluding hydrogens is 351 g/mol. The quantitative estimate of drug-likeness (QED) is 0.391. The van der Waals surface area contributed by atoms with E-state index in [1.165, 1.54) is 11.0 Å². The van der Waals surface area contributed by atoms with Crippen LogP contribution >= 0.6 is 0 Å². The Bertz CT molecular complexity index is 670. The zero-order valence-corrected chi connectivity index (χ0v) is 17.5. The van der Waals surface area contributed by atoms with Gasteiger partial charge in [-0.2, -0.15) is 0 Å². The maximum absolute atomic E-state index is 11.6. The average Bonchev–Trinajstić information content (AvgIpc) is 3.12. The van der Waals surface area contributed by atoms with Crippen molar-refractivity contribution in [3.63, 3.8) is 0 Å². The van der Waals surface area contributed by atoms with E-state index in [-0.39, 0.29) is 24.0 Å². The summed E-state index contributed by atoms with van der Waals surface area (Å²) in [6, 6.07) is 8.42. The van der Waals surface area contributed by atoms with Crippen LogP contribution in [0.3, 0.4) is 0 Å². The molecular formula is C23H33BO4. The summed E-state index contributed by atoms with van der Waals surface area (Å²) in [7, 11) is 2.56. The first-order chi connectivity index (χ1) is 13.6. The van der Waals surface area contributed by atoms with Crippen molar-refractivity contribution >= 4 is 18.7 Å². The lowest BCUT2D eigenvalue weighted by Gasteiger charge is -2.34. The molecule has 4 atom stereocenters. The van der Waals surface area contributed by atoms with Gasteiger partial charge in [0.1, 0.15) is 0 Å². The molecule has 4 nitrogen and oxygen atoms in total. The standard InChI is InChI=1S/C23H33BO4/c1-4-16(2)13-18-7-10-21(22(14-18)26-3)28-15-17-5-8-19(9-6-17)24-20-11-12-27-23(20)25/h5-6,8-9,13,18,20-22,24H,4,7,10-12,14-15H2,1-3H3/b16-13+/t18?,20?,21-,22-/m1/s1. The maximum Gasteiger partial charge on any atom is 0.301 e. The molecule has 1 saturated heterocycles. The molecule has 0 N–H and O–H groups in total. The third kappa shape index (κ3) is 5.71. The van der Waals surface area contributed by atoms with E-state index < -0.39 is 0 Å². The van der Waals surface area contributed by atoms with E-state index >= 15 is 0 Å². The summed E-state index contributed by atoms with van der Waals surface area (Å²) in [5.41, 5.74) is 3.81. The summed E-state index contributed by atoms with van der Waals surface area (Å²) in [5, 5.41) is 0. The first-order valence-electron chi connectivity index (χ1n) is 10.6. The van der Waals surface area contributed by atoms with E-state index in [1.54, 1.807) is 7.11 Å². The Morgan fingerprint density at radius 2 is 2.00 bits per heavy atom. The Hall–Kier alpha value is -1.59.